The van der Waals surface area contributed by atoms with Crippen LogP contribution >= 0.6 is 7.60 Å². The lowest BCUT2D eigenvalue weighted by molar-refractivity contribution is 0.163. The first-order valence-electron chi connectivity index (χ1n) is 14.8. The molecule has 0 aliphatic heterocycles. The van der Waals surface area contributed by atoms with Crippen molar-refractivity contribution in [2.45, 2.75) is 89.8 Å². The van der Waals surface area contributed by atoms with Crippen LogP contribution in [0.5, 0.6) is 11.5 Å². The maximum absolute atomic E-state index is 14.4. The second-order valence-electron chi connectivity index (χ2n) is 12.9. The van der Waals surface area contributed by atoms with Gasteiger partial charge in [0.1, 0.15) is 24.7 Å². The molecule has 0 amide bonds. The molecule has 0 saturated carbocycles. The van der Waals surface area contributed by atoms with E-state index in [2.05, 4.69) is 0 Å². The van der Waals surface area contributed by atoms with Crippen LogP contribution in [0.2, 0.25) is 0 Å². The number of ether oxygens (including phenoxy) is 1. The third-order valence-corrected chi connectivity index (χ3v) is 11.3. The monoisotopic (exact) mass is 694 g/mol. The van der Waals surface area contributed by atoms with Gasteiger partial charge in [-0.3, -0.25) is 18.2 Å². The summed E-state index contributed by atoms with van der Waals surface area (Å²) >= 11 is 0. The summed E-state index contributed by atoms with van der Waals surface area (Å²) in [6.07, 6.45) is 0.0778. The number of hydrogen-bond donors (Lipinski definition) is 1. The van der Waals surface area contributed by atoms with E-state index in [1.54, 1.807) is 71.9 Å². The van der Waals surface area contributed by atoms with Crippen molar-refractivity contribution in [1.82, 2.24) is 0 Å². The molecule has 0 bridgehead atoms. The van der Waals surface area contributed by atoms with Crippen molar-refractivity contribution < 1.29 is 49.0 Å². The predicted molar refractivity (Wildman–Crippen MR) is 170 cm³/mol. The normalized spacial score (nSPS) is 13.5. The summed E-state index contributed by atoms with van der Waals surface area (Å²) in [6, 6.07) is 16.3. The van der Waals surface area contributed by atoms with E-state index in [4.69, 9.17) is 31.5 Å². The topological polar surface area (TPSA) is 186 Å². The van der Waals surface area contributed by atoms with Gasteiger partial charge in [-0.1, -0.05) is 71.9 Å². The van der Waals surface area contributed by atoms with Crippen molar-refractivity contribution in [3.8, 4) is 11.5 Å². The molecule has 4 rings (SSSR count). The molecule has 1 N–H and O–H groups in total. The molecular weight excluding hydrogens is 655 g/mol. The highest BCUT2D eigenvalue weighted by Crippen LogP contribution is 2.58. The van der Waals surface area contributed by atoms with Crippen molar-refractivity contribution in [2.24, 2.45) is 0 Å². The van der Waals surface area contributed by atoms with Gasteiger partial charge in [-0.25, -0.2) is 9.59 Å². The lowest BCUT2D eigenvalue weighted by Gasteiger charge is -2.25. The molecule has 0 unspecified atom stereocenters. The molecular formula is C32H39O13PS. The molecule has 15 heteroatoms. The molecule has 2 heterocycles. The Morgan fingerprint density at radius 3 is 1.77 bits per heavy atom. The van der Waals surface area contributed by atoms with Gasteiger partial charge >= 0.3 is 19.2 Å². The Balaban J connectivity index is 1.60. The Morgan fingerprint density at radius 1 is 0.766 bits per heavy atom. The number of aryl methyl sites for hydroxylation is 1. The van der Waals surface area contributed by atoms with Crippen LogP contribution in [-0.4, -0.2) is 18.0 Å². The van der Waals surface area contributed by atoms with Crippen LogP contribution in [0.3, 0.4) is 0 Å². The molecule has 2 aromatic carbocycles. The lowest BCUT2D eigenvalue weighted by atomic mass is 9.92. The van der Waals surface area contributed by atoms with Crippen LogP contribution < -0.4 is 16.4 Å². The fourth-order valence-corrected chi connectivity index (χ4v) is 8.42. The van der Waals surface area contributed by atoms with Crippen LogP contribution in [0.15, 0.2) is 81.9 Å². The SMILES string of the molecule is CC(C)(C)c1oc(=O)oc1COP(=O)(OCc1oc(=O)oc1C(C)(C)C)[C@H](CCCc1cccc(Oc2ccccc2)c1)S(=O)(=O)O. The van der Waals surface area contributed by atoms with E-state index < -0.39 is 58.4 Å². The standard InChI is InChI=1S/C32H39O13PS/c1-31(2,3)27-24(42-29(33)44-27)19-39-46(35,40-20-25-28(32(4,5)6)45-30(34)43-25)26(47(36,37)38)17-11-13-21-12-10-16-23(18-21)41-22-14-8-7-9-15-22/h7-10,12,14-16,18,26H,11,13,17,19-20H2,1-6H3,(H,36,37,38)/t26-/m0/s1. The summed E-state index contributed by atoms with van der Waals surface area (Å²) in [7, 11) is -9.93. The van der Waals surface area contributed by atoms with Crippen LogP contribution in [0.1, 0.15) is 83.0 Å². The largest absolute Gasteiger partial charge is 0.519 e. The van der Waals surface area contributed by atoms with Crippen LogP contribution in [0, 0.1) is 0 Å². The van der Waals surface area contributed by atoms with Gasteiger partial charge in [0.25, 0.3) is 10.1 Å². The van der Waals surface area contributed by atoms with Crippen molar-refractivity contribution in [1.29, 1.82) is 0 Å². The Bertz CT molecular complexity index is 1840. The van der Waals surface area contributed by atoms with Gasteiger partial charge in [0.15, 0.2) is 28.0 Å². The summed E-state index contributed by atoms with van der Waals surface area (Å²) in [6.45, 7) is 9.01. The zero-order valence-corrected chi connectivity index (χ0v) is 28.7. The molecule has 13 nitrogen and oxygen atoms in total. The molecule has 47 heavy (non-hydrogen) atoms. The minimum atomic E-state index is -5.07. The third kappa shape index (κ3) is 9.68. The summed E-state index contributed by atoms with van der Waals surface area (Å²) in [5.74, 6) is -0.978. The molecule has 4 aromatic rings. The van der Waals surface area contributed by atoms with Gasteiger partial charge in [-0.2, -0.15) is 8.42 Å². The summed E-state index contributed by atoms with van der Waals surface area (Å²) in [4.78, 5) is 21.8. The Hall–Kier alpha value is -3.68. The zero-order valence-electron chi connectivity index (χ0n) is 27.0. The molecule has 1 atom stereocenters. The first-order chi connectivity index (χ1) is 21.8. The summed E-state index contributed by atoms with van der Waals surface area (Å²) < 4.78 is 87.9. The van der Waals surface area contributed by atoms with Gasteiger partial charge in [0, 0.05) is 10.8 Å². The summed E-state index contributed by atoms with van der Waals surface area (Å²) in [5, 5.41) is 0. The highest BCUT2D eigenvalue weighted by molar-refractivity contribution is 7.94. The van der Waals surface area contributed by atoms with Gasteiger partial charge in [-0.15, -0.1) is 0 Å². The minimum Gasteiger partial charge on any atom is -0.457 e. The Labute approximate surface area is 272 Å². The lowest BCUT2D eigenvalue weighted by Crippen LogP contribution is -2.24. The van der Waals surface area contributed by atoms with Gasteiger partial charge in [0.2, 0.25) is 0 Å². The van der Waals surface area contributed by atoms with E-state index in [9.17, 15) is 27.1 Å². The summed E-state index contributed by atoms with van der Waals surface area (Å²) in [5.41, 5.74) is -0.688. The van der Waals surface area contributed by atoms with Crippen LogP contribution in [0.4, 0.5) is 0 Å². The molecule has 0 aliphatic carbocycles. The van der Waals surface area contributed by atoms with Crippen LogP contribution in [-0.2, 0) is 54.2 Å². The number of hydrogen-bond acceptors (Lipinski definition) is 12. The molecule has 2 aromatic heterocycles. The molecule has 0 aliphatic rings. The van der Waals surface area contributed by atoms with E-state index in [1.165, 1.54) is 0 Å². The first-order valence-corrected chi connectivity index (χ1v) is 17.9. The third-order valence-electron chi connectivity index (χ3n) is 6.89. The zero-order chi connectivity index (χ0) is 34.6. The number of benzene rings is 2. The van der Waals surface area contributed by atoms with E-state index in [-0.39, 0.29) is 35.9 Å². The fourth-order valence-electron chi connectivity index (χ4n) is 4.79. The Kier molecular flexibility index (Phi) is 10.9. The van der Waals surface area contributed by atoms with E-state index in [1.807, 2.05) is 24.3 Å². The van der Waals surface area contributed by atoms with E-state index in [0.717, 1.165) is 5.56 Å². The van der Waals surface area contributed by atoms with Crippen molar-refractivity contribution in [3.63, 3.8) is 0 Å². The van der Waals surface area contributed by atoms with Crippen molar-refractivity contribution >= 4 is 17.7 Å². The van der Waals surface area contributed by atoms with Crippen molar-refractivity contribution in [3.05, 3.63) is 104 Å². The molecule has 0 fully saturated rings. The maximum atomic E-state index is 14.4. The molecule has 0 spiro atoms. The Morgan fingerprint density at radius 2 is 1.28 bits per heavy atom. The number of para-hydroxylation sites is 1. The highest BCUT2D eigenvalue weighted by atomic mass is 32.2. The van der Waals surface area contributed by atoms with Gasteiger partial charge < -0.3 is 22.4 Å². The fraction of sp³-hybridized carbons (Fsp3) is 0.438. The quantitative estimate of drug-likeness (QED) is 0.102. The smallest absolute Gasteiger partial charge is 0.457 e. The molecule has 0 radical (unpaired) electrons. The second-order valence-corrected chi connectivity index (χ2v) is 17.1. The first kappa shape index (κ1) is 36.2. The average Bonchev–Trinajstić information content (AvgIpc) is 3.55. The van der Waals surface area contributed by atoms with Gasteiger partial charge in [0.05, 0.1) is 0 Å². The molecule has 0 saturated heterocycles. The predicted octanol–water partition coefficient (Wildman–Crippen LogP) is 7.33. The maximum Gasteiger partial charge on any atom is 0.519 e. The van der Waals surface area contributed by atoms with Crippen molar-refractivity contribution in [2.75, 3.05) is 0 Å². The highest BCUT2D eigenvalue weighted by Gasteiger charge is 2.46. The van der Waals surface area contributed by atoms with Crippen LogP contribution in [0.25, 0.3) is 0 Å². The van der Waals surface area contributed by atoms with E-state index >= 15 is 0 Å². The van der Waals surface area contributed by atoms with Gasteiger partial charge in [-0.05, 0) is 49.1 Å². The second kappa shape index (κ2) is 14.2. The van der Waals surface area contributed by atoms with E-state index in [0.29, 0.717) is 17.9 Å². The minimum absolute atomic E-state index is 0.0888. The molecule has 256 valence electrons. The average molecular weight is 695 g/mol. The number of rotatable bonds is 14.